The molecule has 0 fully saturated rings. The van der Waals surface area contributed by atoms with Crippen LogP contribution in [0.25, 0.3) is 0 Å². The summed E-state index contributed by atoms with van der Waals surface area (Å²) in [6, 6.07) is 4.90. The van der Waals surface area contributed by atoms with Crippen molar-refractivity contribution in [3.8, 4) is 5.75 Å². The monoisotopic (exact) mass is 228 g/mol. The summed E-state index contributed by atoms with van der Waals surface area (Å²) in [6.07, 6.45) is 0.645. The average molecular weight is 229 g/mol. The van der Waals surface area contributed by atoms with Gasteiger partial charge in [-0.05, 0) is 24.1 Å². The smallest absolute Gasteiger partial charge is 0.312 e. The molecule has 4 nitrogen and oxygen atoms in total. The normalized spacial score (nSPS) is 9.73. The van der Waals surface area contributed by atoms with Crippen molar-refractivity contribution < 1.29 is 9.53 Å². The Morgan fingerprint density at radius 1 is 1.60 bits per heavy atom. The third kappa shape index (κ3) is 3.67. The van der Waals surface area contributed by atoms with Crippen molar-refractivity contribution >= 4 is 17.6 Å². The predicted octanol–water partition coefficient (Wildman–Crippen LogP) is 1.56. The fourth-order valence-corrected chi connectivity index (χ4v) is 1.44. The van der Waals surface area contributed by atoms with E-state index in [1.807, 2.05) is 12.1 Å². The van der Waals surface area contributed by atoms with Crippen LogP contribution in [0.2, 0.25) is 5.02 Å². The number of amides is 2. The van der Waals surface area contributed by atoms with Crippen LogP contribution in [0.3, 0.4) is 0 Å². The summed E-state index contributed by atoms with van der Waals surface area (Å²) in [5.74, 6) is 0.714. The second-order valence-corrected chi connectivity index (χ2v) is 3.41. The first-order valence-corrected chi connectivity index (χ1v) is 4.87. The van der Waals surface area contributed by atoms with Gasteiger partial charge >= 0.3 is 6.03 Å². The number of carbonyl (C=O) groups is 1. The third-order valence-corrected chi connectivity index (χ3v) is 2.31. The number of carbonyl (C=O) groups excluding carboxylic acids is 1. The zero-order chi connectivity index (χ0) is 11.3. The predicted molar refractivity (Wildman–Crippen MR) is 59.3 cm³/mol. The molecule has 1 rings (SSSR count). The Bertz CT molecular complexity index is 355. The third-order valence-electron chi connectivity index (χ3n) is 1.95. The highest BCUT2D eigenvalue weighted by molar-refractivity contribution is 6.31. The largest absolute Gasteiger partial charge is 0.497 e. The fraction of sp³-hybridized carbons (Fsp3) is 0.300. The molecule has 0 spiro atoms. The molecule has 3 N–H and O–H groups in total. The molecule has 0 aliphatic carbocycles. The molecular formula is C10H13ClN2O2. The summed E-state index contributed by atoms with van der Waals surface area (Å²) in [4.78, 5) is 10.4. The average Bonchev–Trinajstić information content (AvgIpc) is 2.20. The van der Waals surface area contributed by atoms with Crippen LogP contribution in [0, 0.1) is 0 Å². The van der Waals surface area contributed by atoms with Gasteiger partial charge in [0.1, 0.15) is 5.75 Å². The van der Waals surface area contributed by atoms with E-state index in [9.17, 15) is 4.79 Å². The highest BCUT2D eigenvalue weighted by Crippen LogP contribution is 2.22. The van der Waals surface area contributed by atoms with Crippen molar-refractivity contribution in [3.05, 3.63) is 28.8 Å². The summed E-state index contributed by atoms with van der Waals surface area (Å²) in [7, 11) is 1.58. The van der Waals surface area contributed by atoms with E-state index >= 15 is 0 Å². The molecule has 82 valence electrons. The van der Waals surface area contributed by atoms with Crippen LogP contribution in [0.1, 0.15) is 5.56 Å². The van der Waals surface area contributed by atoms with E-state index < -0.39 is 6.03 Å². The van der Waals surface area contributed by atoms with Gasteiger partial charge in [0.25, 0.3) is 0 Å². The lowest BCUT2D eigenvalue weighted by atomic mass is 10.1. The molecule has 0 saturated carbocycles. The number of nitrogens with one attached hydrogen (secondary N) is 1. The van der Waals surface area contributed by atoms with Crippen molar-refractivity contribution in [2.75, 3.05) is 13.7 Å². The zero-order valence-corrected chi connectivity index (χ0v) is 9.17. The molecule has 0 saturated heterocycles. The van der Waals surface area contributed by atoms with E-state index in [0.717, 1.165) is 5.56 Å². The second-order valence-electron chi connectivity index (χ2n) is 3.00. The topological polar surface area (TPSA) is 64.3 Å². The Hall–Kier alpha value is -1.42. The number of benzene rings is 1. The number of nitrogens with two attached hydrogens (primary N) is 1. The minimum atomic E-state index is -0.528. The molecule has 0 unspecified atom stereocenters. The molecule has 0 bridgehead atoms. The molecule has 0 aliphatic heterocycles. The molecule has 1 aromatic rings. The van der Waals surface area contributed by atoms with Crippen molar-refractivity contribution in [3.63, 3.8) is 0 Å². The molecule has 0 radical (unpaired) electrons. The number of hydrogen-bond acceptors (Lipinski definition) is 2. The van der Waals surface area contributed by atoms with E-state index in [2.05, 4.69) is 5.32 Å². The number of methoxy groups -OCH3 is 1. The maximum absolute atomic E-state index is 10.4. The van der Waals surface area contributed by atoms with Gasteiger partial charge in [0.2, 0.25) is 0 Å². The van der Waals surface area contributed by atoms with E-state index in [-0.39, 0.29) is 0 Å². The summed E-state index contributed by atoms with van der Waals surface area (Å²) < 4.78 is 5.02. The van der Waals surface area contributed by atoms with E-state index in [0.29, 0.717) is 23.7 Å². The van der Waals surface area contributed by atoms with Crippen molar-refractivity contribution in [2.24, 2.45) is 5.73 Å². The Labute approximate surface area is 93.4 Å². The number of ether oxygens (including phenoxy) is 1. The molecule has 1 aromatic carbocycles. The van der Waals surface area contributed by atoms with E-state index in [1.54, 1.807) is 13.2 Å². The molecule has 0 aliphatic rings. The highest BCUT2D eigenvalue weighted by Gasteiger charge is 2.02. The lowest BCUT2D eigenvalue weighted by Crippen LogP contribution is -2.30. The first-order valence-electron chi connectivity index (χ1n) is 4.49. The maximum atomic E-state index is 10.4. The Balaban J connectivity index is 2.58. The molecule has 5 heteroatoms. The Kier molecular flexibility index (Phi) is 4.24. The summed E-state index contributed by atoms with van der Waals surface area (Å²) >= 11 is 6.00. The number of rotatable bonds is 4. The quantitative estimate of drug-likeness (QED) is 0.822. The minimum Gasteiger partial charge on any atom is -0.497 e. The Morgan fingerprint density at radius 2 is 2.33 bits per heavy atom. The first-order chi connectivity index (χ1) is 7.13. The zero-order valence-electron chi connectivity index (χ0n) is 8.42. The van der Waals surface area contributed by atoms with Gasteiger partial charge in [-0.3, -0.25) is 0 Å². The van der Waals surface area contributed by atoms with Gasteiger partial charge in [-0.1, -0.05) is 17.7 Å². The number of hydrogen-bond donors (Lipinski definition) is 2. The van der Waals surface area contributed by atoms with Crippen molar-refractivity contribution in [1.82, 2.24) is 5.32 Å². The SMILES string of the molecule is COc1ccc(CCNC(N)=O)c(Cl)c1. The van der Waals surface area contributed by atoms with Crippen molar-refractivity contribution in [1.29, 1.82) is 0 Å². The van der Waals surface area contributed by atoms with Crippen LogP contribution in [0.4, 0.5) is 4.79 Å². The summed E-state index contributed by atoms with van der Waals surface area (Å²) in [5, 5.41) is 3.12. The summed E-state index contributed by atoms with van der Waals surface area (Å²) in [5.41, 5.74) is 5.89. The molecule has 15 heavy (non-hydrogen) atoms. The van der Waals surface area contributed by atoms with Gasteiger partial charge in [0, 0.05) is 11.6 Å². The van der Waals surface area contributed by atoms with Crippen molar-refractivity contribution in [2.45, 2.75) is 6.42 Å². The maximum Gasteiger partial charge on any atom is 0.312 e. The number of urea groups is 1. The van der Waals surface area contributed by atoms with Gasteiger partial charge < -0.3 is 15.8 Å². The fourth-order valence-electron chi connectivity index (χ4n) is 1.18. The molecule has 0 atom stereocenters. The van der Waals surface area contributed by atoms with Crippen LogP contribution in [-0.4, -0.2) is 19.7 Å². The van der Waals surface area contributed by atoms with Crippen LogP contribution >= 0.6 is 11.6 Å². The lowest BCUT2D eigenvalue weighted by molar-refractivity contribution is 0.249. The van der Waals surface area contributed by atoms with Gasteiger partial charge in [-0.2, -0.15) is 0 Å². The van der Waals surface area contributed by atoms with Gasteiger partial charge in [-0.25, -0.2) is 4.79 Å². The minimum absolute atomic E-state index is 0.474. The molecule has 0 heterocycles. The highest BCUT2D eigenvalue weighted by atomic mass is 35.5. The molecular weight excluding hydrogens is 216 g/mol. The van der Waals surface area contributed by atoms with Crippen LogP contribution in [0.5, 0.6) is 5.75 Å². The van der Waals surface area contributed by atoms with Crippen LogP contribution < -0.4 is 15.8 Å². The van der Waals surface area contributed by atoms with Crippen LogP contribution in [0.15, 0.2) is 18.2 Å². The first kappa shape index (κ1) is 11.7. The van der Waals surface area contributed by atoms with Crippen LogP contribution in [-0.2, 0) is 6.42 Å². The van der Waals surface area contributed by atoms with E-state index in [1.165, 1.54) is 0 Å². The number of halogens is 1. The standard InChI is InChI=1S/C10H13ClN2O2/c1-15-8-3-2-7(9(11)6-8)4-5-13-10(12)14/h2-3,6H,4-5H2,1H3,(H3,12,13,14). The molecule has 2 amide bonds. The second kappa shape index (κ2) is 5.46. The molecule has 0 aromatic heterocycles. The lowest BCUT2D eigenvalue weighted by Gasteiger charge is -2.06. The van der Waals surface area contributed by atoms with E-state index in [4.69, 9.17) is 22.1 Å². The van der Waals surface area contributed by atoms with Gasteiger partial charge in [-0.15, -0.1) is 0 Å². The Morgan fingerprint density at radius 3 is 2.87 bits per heavy atom. The van der Waals surface area contributed by atoms with Gasteiger partial charge in [0.15, 0.2) is 0 Å². The summed E-state index contributed by atoms with van der Waals surface area (Å²) in [6.45, 7) is 0.474. The van der Waals surface area contributed by atoms with Gasteiger partial charge in [0.05, 0.1) is 7.11 Å². The number of primary amides is 1.